The molecule has 1 atom stereocenters. The molecule has 98 valence electrons. The van der Waals surface area contributed by atoms with Crippen molar-refractivity contribution in [3.63, 3.8) is 0 Å². The van der Waals surface area contributed by atoms with Crippen LogP contribution < -0.4 is 10.6 Å². The summed E-state index contributed by atoms with van der Waals surface area (Å²) in [5, 5.41) is 6.29. The van der Waals surface area contributed by atoms with Crippen LogP contribution in [0.25, 0.3) is 0 Å². The fourth-order valence-electron chi connectivity index (χ4n) is 2.19. The van der Waals surface area contributed by atoms with Crippen molar-refractivity contribution in [1.82, 2.24) is 10.6 Å². The van der Waals surface area contributed by atoms with Gasteiger partial charge in [-0.25, -0.2) is 0 Å². The van der Waals surface area contributed by atoms with Crippen LogP contribution in [0.5, 0.6) is 0 Å². The second-order valence-corrected chi connectivity index (χ2v) is 5.66. The summed E-state index contributed by atoms with van der Waals surface area (Å²) < 4.78 is 1.12. The number of amides is 1. The lowest BCUT2D eigenvalue weighted by Crippen LogP contribution is -2.42. The van der Waals surface area contributed by atoms with Crippen molar-refractivity contribution in [1.29, 1.82) is 0 Å². The molecule has 1 aromatic rings. The van der Waals surface area contributed by atoms with Crippen molar-refractivity contribution in [3.8, 4) is 0 Å². The summed E-state index contributed by atoms with van der Waals surface area (Å²) in [6.45, 7) is 3.63. The SMILES string of the molecule is Cc1cc(CNC2CCCCNC2=O)ccc1Br. The first-order chi connectivity index (χ1) is 8.66. The topological polar surface area (TPSA) is 41.1 Å². The zero-order valence-corrected chi connectivity index (χ0v) is 12.2. The molecule has 18 heavy (non-hydrogen) atoms. The van der Waals surface area contributed by atoms with Crippen LogP contribution in [0.4, 0.5) is 0 Å². The van der Waals surface area contributed by atoms with E-state index >= 15 is 0 Å². The summed E-state index contributed by atoms with van der Waals surface area (Å²) in [4.78, 5) is 11.8. The highest BCUT2D eigenvalue weighted by Gasteiger charge is 2.19. The first kappa shape index (κ1) is 13.6. The number of halogens is 1. The van der Waals surface area contributed by atoms with E-state index in [0.29, 0.717) is 0 Å². The Morgan fingerprint density at radius 1 is 1.44 bits per heavy atom. The lowest BCUT2D eigenvalue weighted by atomic mass is 10.1. The second-order valence-electron chi connectivity index (χ2n) is 4.80. The highest BCUT2D eigenvalue weighted by molar-refractivity contribution is 9.10. The normalized spacial score (nSPS) is 20.3. The molecule has 4 heteroatoms. The lowest BCUT2D eigenvalue weighted by molar-refractivity contribution is -0.122. The molecule has 1 unspecified atom stereocenters. The minimum atomic E-state index is -0.0450. The van der Waals surface area contributed by atoms with Crippen LogP contribution in [-0.2, 0) is 11.3 Å². The van der Waals surface area contributed by atoms with Crippen molar-refractivity contribution in [2.45, 2.75) is 38.8 Å². The molecule has 0 bridgehead atoms. The van der Waals surface area contributed by atoms with Crippen LogP contribution in [-0.4, -0.2) is 18.5 Å². The Bertz CT molecular complexity index is 434. The molecule has 1 aromatic carbocycles. The van der Waals surface area contributed by atoms with Gasteiger partial charge >= 0.3 is 0 Å². The molecule has 0 aliphatic carbocycles. The summed E-state index contributed by atoms with van der Waals surface area (Å²) in [7, 11) is 0. The Morgan fingerprint density at radius 2 is 2.28 bits per heavy atom. The van der Waals surface area contributed by atoms with Gasteiger partial charge in [0.15, 0.2) is 0 Å². The number of hydrogen-bond acceptors (Lipinski definition) is 2. The van der Waals surface area contributed by atoms with E-state index in [4.69, 9.17) is 0 Å². The molecule has 0 radical (unpaired) electrons. The molecule has 3 nitrogen and oxygen atoms in total. The van der Waals surface area contributed by atoms with Crippen LogP contribution >= 0.6 is 15.9 Å². The fourth-order valence-corrected chi connectivity index (χ4v) is 2.44. The number of nitrogens with one attached hydrogen (secondary N) is 2. The van der Waals surface area contributed by atoms with Gasteiger partial charge in [0, 0.05) is 17.6 Å². The minimum Gasteiger partial charge on any atom is -0.355 e. The summed E-state index contributed by atoms with van der Waals surface area (Å²) in [5.74, 6) is 0.140. The number of rotatable bonds is 3. The molecule has 1 amide bonds. The number of benzene rings is 1. The highest BCUT2D eigenvalue weighted by atomic mass is 79.9. The van der Waals surface area contributed by atoms with Gasteiger partial charge < -0.3 is 10.6 Å². The number of aryl methyl sites for hydroxylation is 1. The quantitative estimate of drug-likeness (QED) is 0.900. The Hall–Kier alpha value is -0.870. The maximum Gasteiger partial charge on any atom is 0.237 e. The molecule has 0 spiro atoms. The van der Waals surface area contributed by atoms with Crippen molar-refractivity contribution in [3.05, 3.63) is 33.8 Å². The van der Waals surface area contributed by atoms with Crippen LogP contribution in [0, 0.1) is 6.92 Å². The van der Waals surface area contributed by atoms with Gasteiger partial charge in [-0.05, 0) is 43.4 Å². The van der Waals surface area contributed by atoms with Gasteiger partial charge in [0.25, 0.3) is 0 Å². The average molecular weight is 311 g/mol. The first-order valence-corrected chi connectivity index (χ1v) is 7.22. The largest absolute Gasteiger partial charge is 0.355 e. The first-order valence-electron chi connectivity index (χ1n) is 6.43. The van der Waals surface area contributed by atoms with Gasteiger partial charge in [0.05, 0.1) is 6.04 Å². The molecule has 1 aliphatic rings. The third kappa shape index (κ3) is 3.56. The summed E-state index contributed by atoms with van der Waals surface area (Å²) in [6.07, 6.45) is 3.12. The molecule has 0 saturated carbocycles. The molecule has 1 heterocycles. The molecule has 1 fully saturated rings. The Labute approximate surface area is 116 Å². The zero-order valence-electron chi connectivity index (χ0n) is 10.6. The predicted molar refractivity (Wildman–Crippen MR) is 76.4 cm³/mol. The summed E-state index contributed by atoms with van der Waals surface area (Å²) >= 11 is 3.49. The van der Waals surface area contributed by atoms with Crippen molar-refractivity contribution >= 4 is 21.8 Å². The molecule has 2 rings (SSSR count). The van der Waals surface area contributed by atoms with E-state index in [9.17, 15) is 4.79 Å². The molecular formula is C14H19BrN2O. The van der Waals surface area contributed by atoms with E-state index in [2.05, 4.69) is 51.7 Å². The van der Waals surface area contributed by atoms with E-state index in [1.807, 2.05) is 0 Å². The maximum atomic E-state index is 11.8. The van der Waals surface area contributed by atoms with Crippen molar-refractivity contribution in [2.24, 2.45) is 0 Å². The van der Waals surface area contributed by atoms with E-state index in [-0.39, 0.29) is 11.9 Å². The number of carbonyl (C=O) groups excluding carboxylic acids is 1. The van der Waals surface area contributed by atoms with Gasteiger partial charge in [-0.1, -0.05) is 28.1 Å². The highest BCUT2D eigenvalue weighted by Crippen LogP contribution is 2.17. The van der Waals surface area contributed by atoms with Gasteiger partial charge in [-0.15, -0.1) is 0 Å². The third-order valence-electron chi connectivity index (χ3n) is 3.31. The second kappa shape index (κ2) is 6.34. The zero-order chi connectivity index (χ0) is 13.0. The number of carbonyl (C=O) groups is 1. The average Bonchev–Trinajstić information content (AvgIpc) is 2.56. The van der Waals surface area contributed by atoms with E-state index in [1.54, 1.807) is 0 Å². The number of hydrogen-bond donors (Lipinski definition) is 2. The van der Waals surface area contributed by atoms with Gasteiger partial charge in [-0.2, -0.15) is 0 Å². The molecule has 0 aromatic heterocycles. The standard InChI is InChI=1S/C14H19BrN2O/c1-10-8-11(5-6-12(10)15)9-17-13-4-2-3-7-16-14(13)18/h5-6,8,13,17H,2-4,7,9H2,1H3,(H,16,18). The van der Waals surface area contributed by atoms with Crippen LogP contribution in [0.1, 0.15) is 30.4 Å². The van der Waals surface area contributed by atoms with E-state index < -0.39 is 0 Å². The van der Waals surface area contributed by atoms with E-state index in [1.165, 1.54) is 11.1 Å². The van der Waals surface area contributed by atoms with Crippen LogP contribution in [0.15, 0.2) is 22.7 Å². The summed E-state index contributed by atoms with van der Waals surface area (Å²) in [6, 6.07) is 6.24. The minimum absolute atomic E-state index is 0.0450. The Kier molecular flexibility index (Phi) is 4.78. The van der Waals surface area contributed by atoms with Crippen LogP contribution in [0.2, 0.25) is 0 Å². The Balaban J connectivity index is 1.93. The molecule has 2 N–H and O–H groups in total. The van der Waals surface area contributed by atoms with Gasteiger partial charge in [-0.3, -0.25) is 4.79 Å². The lowest BCUT2D eigenvalue weighted by Gasteiger charge is -2.15. The van der Waals surface area contributed by atoms with E-state index in [0.717, 1.165) is 36.8 Å². The predicted octanol–water partition coefficient (Wildman–Crippen LogP) is 2.52. The molecule has 1 aliphatic heterocycles. The van der Waals surface area contributed by atoms with Crippen molar-refractivity contribution in [2.75, 3.05) is 6.54 Å². The maximum absolute atomic E-state index is 11.8. The smallest absolute Gasteiger partial charge is 0.237 e. The third-order valence-corrected chi connectivity index (χ3v) is 4.20. The molecule has 1 saturated heterocycles. The van der Waals surface area contributed by atoms with Gasteiger partial charge in [0.2, 0.25) is 5.91 Å². The van der Waals surface area contributed by atoms with Crippen molar-refractivity contribution < 1.29 is 4.79 Å². The van der Waals surface area contributed by atoms with Gasteiger partial charge in [0.1, 0.15) is 0 Å². The molecular weight excluding hydrogens is 292 g/mol. The van der Waals surface area contributed by atoms with Crippen LogP contribution in [0.3, 0.4) is 0 Å². The monoisotopic (exact) mass is 310 g/mol. The summed E-state index contributed by atoms with van der Waals surface area (Å²) in [5.41, 5.74) is 2.44. The Morgan fingerprint density at radius 3 is 3.06 bits per heavy atom. The fraction of sp³-hybridized carbons (Fsp3) is 0.500.